The summed E-state index contributed by atoms with van der Waals surface area (Å²) in [6.45, 7) is 12.7. The fraction of sp³-hybridized carbons (Fsp3) is 0.569. The van der Waals surface area contributed by atoms with Gasteiger partial charge in [-0.2, -0.15) is 0 Å². The molecule has 1 saturated heterocycles. The fourth-order valence-corrected chi connectivity index (χ4v) is 9.32. The summed E-state index contributed by atoms with van der Waals surface area (Å²) in [4.78, 5) is 98.7. The molecule has 0 aromatic heterocycles. The van der Waals surface area contributed by atoms with Crippen LogP contribution >= 0.6 is 0 Å². The molecule has 0 radical (unpaired) electrons. The zero-order chi connectivity index (χ0) is 52.1. The summed E-state index contributed by atoms with van der Waals surface area (Å²) in [5.74, 6) is -2.68. The Morgan fingerprint density at radius 3 is 2.01 bits per heavy atom. The van der Waals surface area contributed by atoms with Crippen LogP contribution in [0.15, 0.2) is 60.7 Å². The van der Waals surface area contributed by atoms with Gasteiger partial charge in [-0.15, -0.1) is 0 Å². The first-order valence-electron chi connectivity index (χ1n) is 23.7. The van der Waals surface area contributed by atoms with Crippen LogP contribution < -0.4 is 20.1 Å². The topological polar surface area (TPSA) is 225 Å². The summed E-state index contributed by atoms with van der Waals surface area (Å²) >= 11 is 0. The van der Waals surface area contributed by atoms with Crippen LogP contribution in [0, 0.1) is 33.8 Å². The minimum atomic E-state index is -1.12. The van der Waals surface area contributed by atoms with Crippen molar-refractivity contribution in [2.24, 2.45) is 23.7 Å². The lowest BCUT2D eigenvalue weighted by Gasteiger charge is -2.41. The Bertz CT molecular complexity index is 2300. The van der Waals surface area contributed by atoms with E-state index in [9.17, 15) is 38.9 Å². The van der Waals surface area contributed by atoms with Gasteiger partial charge in [0.05, 0.1) is 67.8 Å². The monoisotopic (exact) mass is 977 g/mol. The van der Waals surface area contributed by atoms with E-state index >= 15 is 0 Å². The summed E-state index contributed by atoms with van der Waals surface area (Å²) in [5, 5.41) is 18.6. The van der Waals surface area contributed by atoms with Gasteiger partial charge in [0.25, 0.3) is 5.69 Å². The van der Waals surface area contributed by atoms with E-state index in [1.165, 1.54) is 43.4 Å². The number of nitro groups is 1. The van der Waals surface area contributed by atoms with Crippen molar-refractivity contribution >= 4 is 52.0 Å². The lowest BCUT2D eigenvalue weighted by atomic mass is 9.89. The average Bonchev–Trinajstić information content (AvgIpc) is 3.73. The summed E-state index contributed by atoms with van der Waals surface area (Å²) in [7, 11) is 9.70. The molecule has 0 aliphatic carbocycles. The Balaban J connectivity index is 1.59. The summed E-state index contributed by atoms with van der Waals surface area (Å²) < 4.78 is 28.4. The number of amides is 4. The SMILES string of the molecule is CC[C@H](C)[C@@H]([C@@H](CC(=O)N1C[C@@H](OC(=O)Oc2ccc([N+](=O)[O-])cc2)C[C@H]1[C@H](OC)[C@@H](C)C(=O)NCC(=O)c1ccc2cc(OC)ccc2c1)OC)N(C)C(=O)[C@@H](NC(=O)[C@H](C(C)C)N(C)C)C(C)C. The van der Waals surface area contributed by atoms with Gasteiger partial charge < -0.3 is 44.1 Å². The zero-order valence-corrected chi connectivity index (χ0v) is 42.8. The number of fused-ring (bicyclic) bond motifs is 1. The van der Waals surface area contributed by atoms with E-state index in [0.29, 0.717) is 17.7 Å². The highest BCUT2D eigenvalue weighted by Crippen LogP contribution is 2.32. The van der Waals surface area contributed by atoms with Gasteiger partial charge in [0.15, 0.2) is 5.78 Å². The Morgan fingerprint density at radius 1 is 0.829 bits per heavy atom. The number of hydrogen-bond acceptors (Lipinski definition) is 14. The number of likely N-dealkylation sites (N-methyl/N-ethyl adjacent to an activating group) is 2. The zero-order valence-electron chi connectivity index (χ0n) is 42.8. The molecule has 1 aliphatic rings. The van der Waals surface area contributed by atoms with E-state index in [1.807, 2.05) is 72.7 Å². The van der Waals surface area contributed by atoms with Crippen LogP contribution in [-0.2, 0) is 33.4 Å². The molecule has 9 atom stereocenters. The maximum Gasteiger partial charge on any atom is 0.514 e. The second kappa shape index (κ2) is 25.6. The van der Waals surface area contributed by atoms with Gasteiger partial charge in [-0.25, -0.2) is 4.79 Å². The molecule has 19 heteroatoms. The third-order valence-electron chi connectivity index (χ3n) is 13.3. The molecule has 0 spiro atoms. The van der Waals surface area contributed by atoms with Gasteiger partial charge >= 0.3 is 6.16 Å². The van der Waals surface area contributed by atoms with Crippen molar-refractivity contribution in [3.05, 3.63) is 76.3 Å². The quantitative estimate of drug-likeness (QED) is 0.0351. The largest absolute Gasteiger partial charge is 0.514 e. The fourth-order valence-electron chi connectivity index (χ4n) is 9.32. The van der Waals surface area contributed by atoms with Crippen LogP contribution in [0.3, 0.4) is 0 Å². The van der Waals surface area contributed by atoms with Crippen LogP contribution in [0.1, 0.15) is 78.1 Å². The van der Waals surface area contributed by atoms with Crippen LogP contribution in [-0.4, -0.2) is 153 Å². The maximum absolute atomic E-state index is 14.8. The van der Waals surface area contributed by atoms with Crippen LogP contribution in [0.4, 0.5) is 10.5 Å². The van der Waals surface area contributed by atoms with Crippen LogP contribution in [0.2, 0.25) is 0 Å². The van der Waals surface area contributed by atoms with Gasteiger partial charge in [-0.05, 0) is 73.0 Å². The number of ether oxygens (including phenoxy) is 5. The molecule has 0 bridgehead atoms. The number of nitro benzene ring substituents is 1. The second-order valence-corrected chi connectivity index (χ2v) is 18.9. The van der Waals surface area contributed by atoms with Crippen molar-refractivity contribution in [2.45, 2.75) is 110 Å². The van der Waals surface area contributed by atoms with Crippen molar-refractivity contribution in [2.75, 3.05) is 55.6 Å². The van der Waals surface area contributed by atoms with E-state index in [2.05, 4.69) is 10.6 Å². The summed E-state index contributed by atoms with van der Waals surface area (Å²) in [5.41, 5.74) is 0.190. The van der Waals surface area contributed by atoms with E-state index in [-0.39, 0.29) is 72.7 Å². The predicted octanol–water partition coefficient (Wildman–Crippen LogP) is 5.90. The first kappa shape index (κ1) is 56.4. The van der Waals surface area contributed by atoms with Crippen LogP contribution in [0.25, 0.3) is 10.8 Å². The third kappa shape index (κ3) is 14.2. The number of nitrogens with one attached hydrogen (secondary N) is 2. The molecule has 0 unspecified atom stereocenters. The number of nitrogens with zero attached hydrogens (tertiary/aromatic N) is 4. The van der Waals surface area contributed by atoms with Crippen molar-refractivity contribution < 1.29 is 57.4 Å². The number of benzene rings is 3. The normalized spacial score (nSPS) is 17.8. The molecular formula is C51H72N6O13. The van der Waals surface area contributed by atoms with Gasteiger partial charge in [-0.3, -0.25) is 39.0 Å². The smallest absolute Gasteiger partial charge is 0.497 e. The number of hydrogen-bond donors (Lipinski definition) is 2. The van der Waals surface area contributed by atoms with Crippen molar-refractivity contribution in [3.8, 4) is 11.5 Å². The molecule has 0 saturated carbocycles. The van der Waals surface area contributed by atoms with Gasteiger partial charge in [0.1, 0.15) is 23.6 Å². The first-order valence-corrected chi connectivity index (χ1v) is 23.7. The van der Waals surface area contributed by atoms with Gasteiger partial charge in [0.2, 0.25) is 23.6 Å². The molecule has 384 valence electrons. The van der Waals surface area contributed by atoms with Gasteiger partial charge in [0, 0.05) is 45.4 Å². The third-order valence-corrected chi connectivity index (χ3v) is 13.3. The molecule has 1 fully saturated rings. The molecule has 2 N–H and O–H groups in total. The number of carbonyl (C=O) groups is 6. The number of carbonyl (C=O) groups excluding carboxylic acids is 6. The number of Topliss-reactive ketones (excluding diaryl/α,β-unsaturated/α-hetero) is 1. The van der Waals surface area contributed by atoms with Crippen LogP contribution in [0.5, 0.6) is 11.5 Å². The molecular weight excluding hydrogens is 905 g/mol. The Morgan fingerprint density at radius 2 is 1.46 bits per heavy atom. The summed E-state index contributed by atoms with van der Waals surface area (Å²) in [6.07, 6.45) is -3.52. The highest BCUT2D eigenvalue weighted by molar-refractivity contribution is 6.02. The number of methoxy groups -OCH3 is 3. The maximum atomic E-state index is 14.8. The Labute approximate surface area is 411 Å². The predicted molar refractivity (Wildman–Crippen MR) is 262 cm³/mol. The minimum Gasteiger partial charge on any atom is -0.497 e. The van der Waals surface area contributed by atoms with E-state index in [0.717, 1.165) is 10.8 Å². The molecule has 3 aromatic carbocycles. The number of rotatable bonds is 24. The number of non-ortho nitro benzene ring substituents is 1. The lowest BCUT2D eigenvalue weighted by molar-refractivity contribution is -0.384. The highest BCUT2D eigenvalue weighted by atomic mass is 16.7. The number of ketones is 1. The molecule has 1 aliphatic heterocycles. The highest BCUT2D eigenvalue weighted by Gasteiger charge is 2.47. The molecule has 4 rings (SSSR count). The lowest BCUT2D eigenvalue weighted by Crippen LogP contribution is -2.59. The standard InChI is InChI=1S/C51H72N6O13/c1-14-31(6)46(55(10)50(62)44(29(2)3)53-49(61)45(30(4)5)54(8)9)42(67-12)26-43(59)56-28-39(70-51(63)69-37-21-18-36(19-22-37)57(64)65)25-40(56)47(68-13)32(7)48(60)52-27-41(58)35-16-15-34-24-38(66-11)20-17-33(34)23-35/h15-24,29-32,39-40,42,44-47H,14,25-28H2,1-13H3,(H,52,60)(H,53,61)/t31-,32+,39-,40-,42+,44-,45-,46-,47+/m0/s1. The van der Waals surface area contributed by atoms with E-state index < -0.39 is 71.3 Å². The van der Waals surface area contributed by atoms with Crippen molar-refractivity contribution in [1.82, 2.24) is 25.3 Å². The Hall–Kier alpha value is -6.18. The molecule has 70 heavy (non-hydrogen) atoms. The van der Waals surface area contributed by atoms with Crippen molar-refractivity contribution in [3.63, 3.8) is 0 Å². The van der Waals surface area contributed by atoms with Gasteiger partial charge in [-0.1, -0.05) is 73.1 Å². The van der Waals surface area contributed by atoms with E-state index in [1.54, 1.807) is 50.2 Å². The molecule has 19 nitrogen and oxygen atoms in total. The Kier molecular flexibility index (Phi) is 20.6. The van der Waals surface area contributed by atoms with E-state index in [4.69, 9.17) is 23.7 Å². The average molecular weight is 977 g/mol. The molecule has 3 aromatic rings. The second-order valence-electron chi connectivity index (χ2n) is 18.9. The minimum absolute atomic E-state index is 0.00833. The van der Waals surface area contributed by atoms with Crippen molar-refractivity contribution in [1.29, 1.82) is 0 Å². The first-order chi connectivity index (χ1) is 33.1. The summed E-state index contributed by atoms with van der Waals surface area (Å²) in [6, 6.07) is 12.7. The number of likely N-dealkylation sites (tertiary alicyclic amines) is 1. The molecule has 4 amide bonds. The molecule has 1 heterocycles.